The van der Waals surface area contributed by atoms with Crippen molar-refractivity contribution in [2.45, 2.75) is 6.04 Å². The standard InChI is InChI=1S/C14H11Cl3FN/c1-19-14(8-2-4-11(16)12(17)6-8)10-7-9(15)3-5-13(10)18/h2-7,14,19H,1H3. The van der Waals surface area contributed by atoms with Crippen molar-refractivity contribution in [3.05, 3.63) is 68.4 Å². The Bertz CT molecular complexity index is 601. The van der Waals surface area contributed by atoms with Crippen LogP contribution in [0.25, 0.3) is 0 Å². The summed E-state index contributed by atoms with van der Waals surface area (Å²) in [6.07, 6.45) is 0. The van der Waals surface area contributed by atoms with Gasteiger partial charge in [-0.15, -0.1) is 0 Å². The minimum Gasteiger partial charge on any atom is -0.309 e. The molecule has 0 aliphatic carbocycles. The van der Waals surface area contributed by atoms with E-state index in [0.717, 1.165) is 5.56 Å². The largest absolute Gasteiger partial charge is 0.309 e. The van der Waals surface area contributed by atoms with Crippen molar-refractivity contribution in [2.75, 3.05) is 7.05 Å². The molecule has 2 rings (SSSR count). The van der Waals surface area contributed by atoms with Gasteiger partial charge in [0.15, 0.2) is 0 Å². The van der Waals surface area contributed by atoms with E-state index in [0.29, 0.717) is 20.6 Å². The van der Waals surface area contributed by atoms with Crippen LogP contribution in [-0.4, -0.2) is 7.05 Å². The van der Waals surface area contributed by atoms with Crippen LogP contribution in [0, 0.1) is 5.82 Å². The molecule has 0 spiro atoms. The predicted molar refractivity (Wildman–Crippen MR) is 78.8 cm³/mol. The van der Waals surface area contributed by atoms with Gasteiger partial charge < -0.3 is 5.32 Å². The van der Waals surface area contributed by atoms with Gasteiger partial charge in [0.2, 0.25) is 0 Å². The monoisotopic (exact) mass is 317 g/mol. The first-order valence-corrected chi connectivity index (χ1v) is 6.73. The fourth-order valence-corrected chi connectivity index (χ4v) is 2.42. The summed E-state index contributed by atoms with van der Waals surface area (Å²) in [6.45, 7) is 0. The molecule has 1 N–H and O–H groups in total. The minimum atomic E-state index is -0.339. The highest BCUT2D eigenvalue weighted by Crippen LogP contribution is 2.30. The summed E-state index contributed by atoms with van der Waals surface area (Å²) in [5, 5.41) is 4.43. The number of halogens is 4. The van der Waals surface area contributed by atoms with E-state index in [4.69, 9.17) is 34.8 Å². The van der Waals surface area contributed by atoms with Crippen molar-refractivity contribution in [2.24, 2.45) is 0 Å². The first-order valence-electron chi connectivity index (χ1n) is 5.60. The van der Waals surface area contributed by atoms with Crippen molar-refractivity contribution < 1.29 is 4.39 Å². The molecule has 0 fully saturated rings. The molecule has 100 valence electrons. The van der Waals surface area contributed by atoms with Crippen LogP contribution in [-0.2, 0) is 0 Å². The highest BCUT2D eigenvalue weighted by atomic mass is 35.5. The summed E-state index contributed by atoms with van der Waals surface area (Å²) in [5.41, 5.74) is 1.28. The average Bonchev–Trinajstić information content (AvgIpc) is 2.38. The molecular formula is C14H11Cl3FN. The molecule has 0 saturated carbocycles. The van der Waals surface area contributed by atoms with E-state index in [9.17, 15) is 4.39 Å². The van der Waals surface area contributed by atoms with Crippen molar-refractivity contribution in [1.82, 2.24) is 5.32 Å². The van der Waals surface area contributed by atoms with Gasteiger partial charge in [0.05, 0.1) is 16.1 Å². The van der Waals surface area contributed by atoms with Crippen LogP contribution in [0.1, 0.15) is 17.2 Å². The maximum absolute atomic E-state index is 13.9. The minimum absolute atomic E-state index is 0.324. The Kier molecular flexibility index (Phi) is 4.69. The van der Waals surface area contributed by atoms with Crippen molar-refractivity contribution in [3.8, 4) is 0 Å². The lowest BCUT2D eigenvalue weighted by Crippen LogP contribution is -2.19. The van der Waals surface area contributed by atoms with E-state index >= 15 is 0 Å². The van der Waals surface area contributed by atoms with Crippen molar-refractivity contribution in [1.29, 1.82) is 0 Å². The van der Waals surface area contributed by atoms with Gasteiger partial charge in [-0.25, -0.2) is 4.39 Å². The zero-order valence-corrected chi connectivity index (χ0v) is 12.3. The Morgan fingerprint density at radius 3 is 2.37 bits per heavy atom. The van der Waals surface area contributed by atoms with Crippen molar-refractivity contribution in [3.63, 3.8) is 0 Å². The smallest absolute Gasteiger partial charge is 0.128 e. The highest BCUT2D eigenvalue weighted by Gasteiger charge is 2.17. The molecule has 2 aromatic rings. The molecule has 0 aromatic heterocycles. The molecule has 0 aliphatic rings. The highest BCUT2D eigenvalue weighted by molar-refractivity contribution is 6.42. The number of nitrogens with one attached hydrogen (secondary N) is 1. The van der Waals surface area contributed by atoms with Gasteiger partial charge in [-0.1, -0.05) is 40.9 Å². The Balaban J connectivity index is 2.49. The maximum Gasteiger partial charge on any atom is 0.128 e. The fourth-order valence-electron chi connectivity index (χ4n) is 1.93. The molecule has 1 atom stereocenters. The summed E-state index contributed by atoms with van der Waals surface area (Å²) >= 11 is 17.8. The second kappa shape index (κ2) is 6.10. The van der Waals surface area contributed by atoms with Gasteiger partial charge in [-0.05, 0) is 42.9 Å². The van der Waals surface area contributed by atoms with Gasteiger partial charge in [-0.2, -0.15) is 0 Å². The molecule has 19 heavy (non-hydrogen) atoms. The Morgan fingerprint density at radius 1 is 1.00 bits per heavy atom. The van der Waals surface area contributed by atoms with Gasteiger partial charge in [0.25, 0.3) is 0 Å². The lowest BCUT2D eigenvalue weighted by atomic mass is 9.98. The number of hydrogen-bond acceptors (Lipinski definition) is 1. The SMILES string of the molecule is CNC(c1ccc(Cl)c(Cl)c1)c1cc(Cl)ccc1F. The maximum atomic E-state index is 13.9. The van der Waals surface area contributed by atoms with Gasteiger partial charge in [0, 0.05) is 10.6 Å². The summed E-state index contributed by atoms with van der Waals surface area (Å²) < 4.78 is 13.9. The van der Waals surface area contributed by atoms with Crippen LogP contribution >= 0.6 is 34.8 Å². The first kappa shape index (κ1) is 14.6. The molecule has 0 bridgehead atoms. The molecule has 2 aromatic carbocycles. The summed E-state index contributed by atoms with van der Waals surface area (Å²) in [4.78, 5) is 0. The van der Waals surface area contributed by atoms with Crippen LogP contribution in [0.3, 0.4) is 0 Å². The zero-order valence-electron chi connectivity index (χ0n) is 10.1. The normalized spacial score (nSPS) is 12.5. The molecule has 1 nitrogen and oxygen atoms in total. The van der Waals surface area contributed by atoms with E-state index in [1.54, 1.807) is 31.3 Å². The molecule has 0 amide bonds. The van der Waals surface area contributed by atoms with Gasteiger partial charge in [-0.3, -0.25) is 0 Å². The van der Waals surface area contributed by atoms with Crippen molar-refractivity contribution >= 4 is 34.8 Å². The summed E-state index contributed by atoms with van der Waals surface area (Å²) in [6, 6.07) is 9.32. The Morgan fingerprint density at radius 2 is 1.74 bits per heavy atom. The molecule has 1 unspecified atom stereocenters. The Hall–Kier alpha value is -0.800. The van der Waals surface area contributed by atoms with E-state index < -0.39 is 0 Å². The summed E-state index contributed by atoms with van der Waals surface area (Å²) in [7, 11) is 1.74. The predicted octanol–water partition coefficient (Wildman–Crippen LogP) is 5.09. The van der Waals surface area contributed by atoms with Crippen LogP contribution in [0.15, 0.2) is 36.4 Å². The van der Waals surface area contributed by atoms with Crippen LogP contribution in [0.4, 0.5) is 4.39 Å². The second-order valence-corrected chi connectivity index (χ2v) is 5.31. The zero-order chi connectivity index (χ0) is 14.0. The first-order chi connectivity index (χ1) is 9.02. The van der Waals surface area contributed by atoms with E-state index in [-0.39, 0.29) is 11.9 Å². The topological polar surface area (TPSA) is 12.0 Å². The summed E-state index contributed by atoms with van der Waals surface area (Å²) in [5.74, 6) is -0.324. The number of rotatable bonds is 3. The van der Waals surface area contributed by atoms with E-state index in [1.807, 2.05) is 0 Å². The van der Waals surface area contributed by atoms with Gasteiger partial charge in [0.1, 0.15) is 5.82 Å². The average molecular weight is 319 g/mol. The lowest BCUT2D eigenvalue weighted by molar-refractivity contribution is 0.576. The van der Waals surface area contributed by atoms with Crippen LogP contribution in [0.5, 0.6) is 0 Å². The van der Waals surface area contributed by atoms with E-state index in [1.165, 1.54) is 12.1 Å². The van der Waals surface area contributed by atoms with Crippen LogP contribution in [0.2, 0.25) is 15.1 Å². The molecular weight excluding hydrogens is 308 g/mol. The molecule has 0 heterocycles. The molecule has 0 aliphatic heterocycles. The second-order valence-electron chi connectivity index (χ2n) is 4.06. The number of hydrogen-bond donors (Lipinski definition) is 1. The third-order valence-electron chi connectivity index (χ3n) is 2.83. The molecule has 0 saturated heterocycles. The quantitative estimate of drug-likeness (QED) is 0.830. The third kappa shape index (κ3) is 3.21. The molecule has 0 radical (unpaired) electrons. The lowest BCUT2D eigenvalue weighted by Gasteiger charge is -2.18. The fraction of sp³-hybridized carbons (Fsp3) is 0.143. The van der Waals surface area contributed by atoms with Gasteiger partial charge >= 0.3 is 0 Å². The number of benzene rings is 2. The van der Waals surface area contributed by atoms with Crippen LogP contribution < -0.4 is 5.32 Å². The Labute approximate surface area is 126 Å². The third-order valence-corrected chi connectivity index (χ3v) is 3.81. The molecule has 5 heteroatoms. The van der Waals surface area contributed by atoms with E-state index in [2.05, 4.69) is 5.32 Å².